The fraction of sp³-hybridized carbons (Fsp3) is 0.950. The summed E-state index contributed by atoms with van der Waals surface area (Å²) in [6.45, 7) is 14.3. The lowest BCUT2D eigenvalue weighted by atomic mass is 10.1. The van der Waals surface area contributed by atoms with Crippen molar-refractivity contribution in [3.63, 3.8) is 0 Å². The second kappa shape index (κ2) is 12.9. The van der Waals surface area contributed by atoms with Gasteiger partial charge in [-0.15, -0.1) is 0 Å². The van der Waals surface area contributed by atoms with Gasteiger partial charge in [0.25, 0.3) is 0 Å². The van der Waals surface area contributed by atoms with E-state index in [1.54, 1.807) is 0 Å². The van der Waals surface area contributed by atoms with Gasteiger partial charge in [0.1, 0.15) is 6.61 Å². The molecule has 0 heterocycles. The van der Waals surface area contributed by atoms with Crippen LogP contribution in [0.3, 0.4) is 0 Å². The van der Waals surface area contributed by atoms with E-state index in [0.29, 0.717) is 19.6 Å². The number of carbonyl (C=O) groups is 1. The first kappa shape index (κ1) is 23.6. The summed E-state index contributed by atoms with van der Waals surface area (Å²) in [5.74, 6) is -0.0724. The first-order chi connectivity index (χ1) is 11.2. The summed E-state index contributed by atoms with van der Waals surface area (Å²) in [7, 11) is -1.72. The highest BCUT2D eigenvalue weighted by atomic mass is 28.4. The summed E-state index contributed by atoms with van der Waals surface area (Å²) >= 11 is 0. The fourth-order valence-corrected chi connectivity index (χ4v) is 3.35. The molecule has 0 saturated heterocycles. The Hall–Kier alpha value is -0.353. The number of unbranched alkanes of at least 4 members (excludes halogenated alkanes) is 8. The maximum Gasteiger partial charge on any atom is 0.305 e. The molecule has 4 heteroatoms. The summed E-state index contributed by atoms with van der Waals surface area (Å²) in [6.07, 6.45) is 12.0. The minimum atomic E-state index is -1.72. The van der Waals surface area contributed by atoms with Crippen LogP contribution >= 0.6 is 0 Å². The second-order valence-corrected chi connectivity index (χ2v) is 13.2. The van der Waals surface area contributed by atoms with E-state index in [9.17, 15) is 4.79 Å². The van der Waals surface area contributed by atoms with Gasteiger partial charge in [0.05, 0.1) is 6.61 Å². The van der Waals surface area contributed by atoms with Gasteiger partial charge in [0.15, 0.2) is 8.32 Å². The normalized spacial score (nSPS) is 12.4. The van der Waals surface area contributed by atoms with Crippen LogP contribution in [0.5, 0.6) is 0 Å². The van der Waals surface area contributed by atoms with E-state index in [4.69, 9.17) is 9.16 Å². The average Bonchev–Trinajstić information content (AvgIpc) is 2.49. The highest BCUT2D eigenvalue weighted by Crippen LogP contribution is 2.36. The Balaban J connectivity index is 3.48. The van der Waals surface area contributed by atoms with Crippen LogP contribution in [0.1, 0.15) is 91.9 Å². The number of esters is 1. The molecular formula is C20H42O3Si. The monoisotopic (exact) mass is 358 g/mol. The van der Waals surface area contributed by atoms with Crippen molar-refractivity contribution in [2.45, 2.75) is 110 Å². The maximum atomic E-state index is 11.7. The molecule has 0 unspecified atom stereocenters. The predicted octanol–water partition coefficient (Wildman–Crippen LogP) is 6.47. The van der Waals surface area contributed by atoms with E-state index >= 15 is 0 Å². The van der Waals surface area contributed by atoms with Crippen molar-refractivity contribution in [1.29, 1.82) is 0 Å². The third-order valence-electron chi connectivity index (χ3n) is 5.10. The zero-order valence-corrected chi connectivity index (χ0v) is 18.2. The summed E-state index contributed by atoms with van der Waals surface area (Å²) in [5, 5.41) is 0.202. The van der Waals surface area contributed by atoms with E-state index in [-0.39, 0.29) is 11.0 Å². The molecule has 0 N–H and O–H groups in total. The van der Waals surface area contributed by atoms with Crippen LogP contribution in [0, 0.1) is 0 Å². The number of rotatable bonds is 14. The standard InChI is InChI=1S/C20H42O3Si/c1-7-8-9-10-11-12-13-14-15-16-19(21)22-17-18-23-24(5,6)20(2,3)4/h7-18H2,1-6H3. The van der Waals surface area contributed by atoms with Gasteiger partial charge in [-0.1, -0.05) is 79.1 Å². The summed E-state index contributed by atoms with van der Waals surface area (Å²) in [5.41, 5.74) is 0. The lowest BCUT2D eigenvalue weighted by molar-refractivity contribution is -0.144. The first-order valence-corrected chi connectivity index (χ1v) is 12.9. The number of hydrogen-bond acceptors (Lipinski definition) is 3. The molecule has 24 heavy (non-hydrogen) atoms. The molecule has 0 spiro atoms. The van der Waals surface area contributed by atoms with Crippen molar-refractivity contribution in [3.05, 3.63) is 0 Å². The summed E-state index contributed by atoms with van der Waals surface area (Å²) in [6, 6.07) is 0. The average molecular weight is 359 g/mol. The lowest BCUT2D eigenvalue weighted by Crippen LogP contribution is -2.41. The van der Waals surface area contributed by atoms with Gasteiger partial charge in [-0.25, -0.2) is 0 Å². The van der Waals surface area contributed by atoms with Gasteiger partial charge < -0.3 is 9.16 Å². The second-order valence-electron chi connectivity index (χ2n) is 8.41. The molecular weight excluding hydrogens is 316 g/mol. The molecule has 0 amide bonds. The molecule has 144 valence electrons. The molecule has 0 saturated carbocycles. The van der Waals surface area contributed by atoms with Crippen LogP contribution < -0.4 is 0 Å². The van der Waals surface area contributed by atoms with Crippen molar-refractivity contribution in [1.82, 2.24) is 0 Å². The molecule has 0 radical (unpaired) electrons. The predicted molar refractivity (Wildman–Crippen MR) is 106 cm³/mol. The van der Waals surface area contributed by atoms with Crippen LogP contribution in [0.25, 0.3) is 0 Å². The van der Waals surface area contributed by atoms with Gasteiger partial charge >= 0.3 is 5.97 Å². The van der Waals surface area contributed by atoms with Crippen LogP contribution in [-0.2, 0) is 14.0 Å². The smallest absolute Gasteiger partial charge is 0.305 e. The van der Waals surface area contributed by atoms with Gasteiger partial charge in [-0.3, -0.25) is 4.79 Å². The molecule has 0 aromatic heterocycles. The zero-order chi connectivity index (χ0) is 18.5. The van der Waals surface area contributed by atoms with E-state index in [1.807, 2.05) is 0 Å². The SMILES string of the molecule is CCCCCCCCCCCC(=O)OCCO[Si](C)(C)C(C)(C)C. The van der Waals surface area contributed by atoms with Crippen LogP contribution in [-0.4, -0.2) is 27.5 Å². The Morgan fingerprint density at radius 2 is 1.33 bits per heavy atom. The van der Waals surface area contributed by atoms with Gasteiger partial charge in [-0.2, -0.15) is 0 Å². The first-order valence-electron chi connectivity index (χ1n) is 10.0. The highest BCUT2D eigenvalue weighted by molar-refractivity contribution is 6.74. The van der Waals surface area contributed by atoms with E-state index < -0.39 is 8.32 Å². The molecule has 0 aliphatic carbocycles. The maximum absolute atomic E-state index is 11.7. The van der Waals surface area contributed by atoms with Crippen LogP contribution in [0.15, 0.2) is 0 Å². The summed E-state index contributed by atoms with van der Waals surface area (Å²) < 4.78 is 11.3. The van der Waals surface area contributed by atoms with Crippen LogP contribution in [0.4, 0.5) is 0 Å². The molecule has 0 aliphatic heterocycles. The summed E-state index contributed by atoms with van der Waals surface area (Å²) in [4.78, 5) is 11.7. The molecule has 0 fully saturated rings. The van der Waals surface area contributed by atoms with Gasteiger partial charge in [0, 0.05) is 6.42 Å². The van der Waals surface area contributed by atoms with Crippen molar-refractivity contribution in [2.24, 2.45) is 0 Å². The molecule has 0 aromatic rings. The largest absolute Gasteiger partial charge is 0.463 e. The molecule has 3 nitrogen and oxygen atoms in total. The Labute approximate surface area is 152 Å². The third-order valence-corrected chi connectivity index (χ3v) is 9.64. The minimum Gasteiger partial charge on any atom is -0.463 e. The fourth-order valence-electron chi connectivity index (χ4n) is 2.32. The van der Waals surface area contributed by atoms with Gasteiger partial charge in [-0.05, 0) is 24.6 Å². The molecule has 0 aromatic carbocycles. The molecule has 0 aliphatic rings. The number of hydrogen-bond donors (Lipinski definition) is 0. The molecule has 0 rings (SSSR count). The van der Waals surface area contributed by atoms with Crippen molar-refractivity contribution in [2.75, 3.05) is 13.2 Å². The Bertz CT molecular complexity index is 321. The number of carbonyl (C=O) groups excluding carboxylic acids is 1. The quantitative estimate of drug-likeness (QED) is 0.203. The lowest BCUT2D eigenvalue weighted by Gasteiger charge is -2.36. The Morgan fingerprint density at radius 1 is 0.833 bits per heavy atom. The molecule has 0 bridgehead atoms. The number of ether oxygens (including phenoxy) is 1. The Morgan fingerprint density at radius 3 is 1.83 bits per heavy atom. The minimum absolute atomic E-state index is 0.0724. The topological polar surface area (TPSA) is 35.5 Å². The third kappa shape index (κ3) is 12.1. The van der Waals surface area contributed by atoms with Gasteiger partial charge in [0.2, 0.25) is 0 Å². The van der Waals surface area contributed by atoms with E-state index in [1.165, 1.54) is 44.9 Å². The highest BCUT2D eigenvalue weighted by Gasteiger charge is 2.36. The zero-order valence-electron chi connectivity index (χ0n) is 17.2. The van der Waals surface area contributed by atoms with Crippen molar-refractivity contribution < 1.29 is 14.0 Å². The van der Waals surface area contributed by atoms with Crippen LogP contribution in [0.2, 0.25) is 18.1 Å². The van der Waals surface area contributed by atoms with E-state index in [0.717, 1.165) is 12.8 Å². The van der Waals surface area contributed by atoms with E-state index in [2.05, 4.69) is 40.8 Å². The van der Waals surface area contributed by atoms with Crippen molar-refractivity contribution >= 4 is 14.3 Å². The Kier molecular flexibility index (Phi) is 12.7. The molecule has 0 atom stereocenters. The van der Waals surface area contributed by atoms with Crippen molar-refractivity contribution in [3.8, 4) is 0 Å².